The number of carbonyl (C=O) groups is 1. The summed E-state index contributed by atoms with van der Waals surface area (Å²) < 4.78 is 39.3. The number of nitrogens with one attached hydrogen (secondary N) is 1. The van der Waals surface area contributed by atoms with Gasteiger partial charge in [0.15, 0.2) is 23.1 Å². The highest BCUT2D eigenvalue weighted by molar-refractivity contribution is 6.04. The number of hydrogen-bond acceptors (Lipinski definition) is 3. The Morgan fingerprint density at radius 1 is 1.00 bits per heavy atom. The van der Waals surface area contributed by atoms with Gasteiger partial charge in [-0.15, -0.1) is 0 Å². The minimum absolute atomic E-state index is 0.121. The Morgan fingerprint density at radius 3 is 2.35 bits per heavy atom. The average molecular weight is 283 g/mol. The van der Waals surface area contributed by atoms with Crippen molar-refractivity contribution in [3.63, 3.8) is 0 Å². The molecule has 3 N–H and O–H groups in total. The standard InChI is InChI=1S/C13H8F3NO3/c14-7-4-8(15)12(16)9(5-7)17-13(20)6-1-2-10(18)11(19)3-6/h1-5,18-19H,(H,17,20). The van der Waals surface area contributed by atoms with Crippen LogP contribution in [0.1, 0.15) is 10.4 Å². The molecule has 7 heteroatoms. The van der Waals surface area contributed by atoms with Gasteiger partial charge in [0, 0.05) is 17.7 Å². The van der Waals surface area contributed by atoms with E-state index in [0.717, 1.165) is 18.2 Å². The number of phenols is 2. The topological polar surface area (TPSA) is 69.6 Å². The zero-order valence-corrected chi connectivity index (χ0v) is 9.82. The molecule has 2 aromatic carbocycles. The van der Waals surface area contributed by atoms with E-state index in [1.165, 1.54) is 0 Å². The van der Waals surface area contributed by atoms with E-state index in [9.17, 15) is 23.1 Å². The molecule has 0 spiro atoms. The van der Waals surface area contributed by atoms with Crippen LogP contribution in [0.25, 0.3) is 0 Å². The van der Waals surface area contributed by atoms with Gasteiger partial charge in [-0.3, -0.25) is 4.79 Å². The van der Waals surface area contributed by atoms with Gasteiger partial charge in [0.05, 0.1) is 5.69 Å². The largest absolute Gasteiger partial charge is 0.504 e. The molecule has 0 heterocycles. The van der Waals surface area contributed by atoms with Gasteiger partial charge >= 0.3 is 0 Å². The maximum atomic E-state index is 13.4. The second-order valence-electron chi connectivity index (χ2n) is 3.91. The van der Waals surface area contributed by atoms with E-state index in [2.05, 4.69) is 0 Å². The molecule has 0 saturated heterocycles. The summed E-state index contributed by atoms with van der Waals surface area (Å²) >= 11 is 0. The molecule has 0 aromatic heterocycles. The van der Waals surface area contributed by atoms with Crippen molar-refractivity contribution >= 4 is 11.6 Å². The van der Waals surface area contributed by atoms with Crippen molar-refractivity contribution in [2.24, 2.45) is 0 Å². The van der Waals surface area contributed by atoms with Crippen molar-refractivity contribution < 1.29 is 28.2 Å². The SMILES string of the molecule is O=C(Nc1cc(F)cc(F)c1F)c1ccc(O)c(O)c1. The number of carbonyl (C=O) groups excluding carboxylic acids is 1. The number of rotatable bonds is 2. The molecule has 0 radical (unpaired) electrons. The van der Waals surface area contributed by atoms with Crippen LogP contribution in [0.2, 0.25) is 0 Å². The summed E-state index contributed by atoms with van der Waals surface area (Å²) in [4.78, 5) is 11.7. The van der Waals surface area contributed by atoms with Crippen molar-refractivity contribution in [1.82, 2.24) is 0 Å². The fourth-order valence-electron chi connectivity index (χ4n) is 1.51. The van der Waals surface area contributed by atoms with E-state index in [1.807, 2.05) is 5.32 Å². The summed E-state index contributed by atoms with van der Waals surface area (Å²) in [6.07, 6.45) is 0. The molecule has 0 saturated carbocycles. The highest BCUT2D eigenvalue weighted by atomic mass is 19.2. The van der Waals surface area contributed by atoms with E-state index >= 15 is 0 Å². The van der Waals surface area contributed by atoms with Gasteiger partial charge in [-0.2, -0.15) is 0 Å². The third kappa shape index (κ3) is 2.66. The lowest BCUT2D eigenvalue weighted by molar-refractivity contribution is 0.102. The first-order valence-corrected chi connectivity index (χ1v) is 5.36. The first-order chi connectivity index (χ1) is 9.38. The Labute approximate surface area is 111 Å². The molecule has 0 aliphatic carbocycles. The Morgan fingerprint density at radius 2 is 1.70 bits per heavy atom. The van der Waals surface area contributed by atoms with E-state index in [0.29, 0.717) is 12.1 Å². The first kappa shape index (κ1) is 13.7. The lowest BCUT2D eigenvalue weighted by Gasteiger charge is -2.08. The van der Waals surface area contributed by atoms with Gasteiger partial charge in [-0.05, 0) is 18.2 Å². The number of aromatic hydroxyl groups is 2. The molecule has 0 fully saturated rings. The molecule has 0 aliphatic rings. The molecule has 0 bridgehead atoms. The van der Waals surface area contributed by atoms with Gasteiger partial charge in [0.1, 0.15) is 5.82 Å². The van der Waals surface area contributed by atoms with Crippen LogP contribution < -0.4 is 5.32 Å². The molecule has 104 valence electrons. The number of amides is 1. The summed E-state index contributed by atoms with van der Waals surface area (Å²) in [5.41, 5.74) is -0.788. The molecule has 4 nitrogen and oxygen atoms in total. The van der Waals surface area contributed by atoms with Crippen LogP contribution in [0.15, 0.2) is 30.3 Å². The molecule has 2 aromatic rings. The number of benzene rings is 2. The van der Waals surface area contributed by atoms with Gasteiger partial charge in [0.2, 0.25) is 0 Å². The Bertz CT molecular complexity index is 689. The van der Waals surface area contributed by atoms with Crippen LogP contribution in [0, 0.1) is 17.5 Å². The molecular weight excluding hydrogens is 275 g/mol. The minimum Gasteiger partial charge on any atom is -0.504 e. The smallest absolute Gasteiger partial charge is 0.255 e. The van der Waals surface area contributed by atoms with E-state index < -0.39 is 40.5 Å². The van der Waals surface area contributed by atoms with E-state index in [1.54, 1.807) is 0 Å². The summed E-state index contributed by atoms with van der Waals surface area (Å²) in [6, 6.07) is 4.09. The summed E-state index contributed by atoms with van der Waals surface area (Å²) in [5.74, 6) is -5.78. The quantitative estimate of drug-likeness (QED) is 0.586. The Hall–Kier alpha value is -2.70. The van der Waals surface area contributed by atoms with Crippen LogP contribution >= 0.6 is 0 Å². The van der Waals surface area contributed by atoms with Crippen molar-refractivity contribution in [1.29, 1.82) is 0 Å². The second-order valence-corrected chi connectivity index (χ2v) is 3.91. The van der Waals surface area contributed by atoms with E-state index in [4.69, 9.17) is 5.11 Å². The normalized spacial score (nSPS) is 10.3. The number of hydrogen-bond donors (Lipinski definition) is 3. The Kier molecular flexibility index (Phi) is 3.51. The zero-order chi connectivity index (χ0) is 14.9. The zero-order valence-electron chi connectivity index (χ0n) is 9.82. The van der Waals surface area contributed by atoms with Gasteiger partial charge < -0.3 is 15.5 Å². The monoisotopic (exact) mass is 283 g/mol. The summed E-state index contributed by atoms with van der Waals surface area (Å²) in [6.45, 7) is 0. The molecule has 20 heavy (non-hydrogen) atoms. The minimum atomic E-state index is -1.44. The predicted molar refractivity (Wildman–Crippen MR) is 64.0 cm³/mol. The maximum absolute atomic E-state index is 13.4. The number of phenolic OH excluding ortho intramolecular Hbond substituents is 2. The Balaban J connectivity index is 2.30. The van der Waals surface area contributed by atoms with Crippen molar-refractivity contribution in [3.05, 3.63) is 53.3 Å². The van der Waals surface area contributed by atoms with Crippen LogP contribution in [0.5, 0.6) is 11.5 Å². The lowest BCUT2D eigenvalue weighted by Crippen LogP contribution is -2.13. The van der Waals surface area contributed by atoms with Crippen LogP contribution in [0.4, 0.5) is 18.9 Å². The molecule has 0 aliphatic heterocycles. The number of anilines is 1. The average Bonchev–Trinajstić information content (AvgIpc) is 2.38. The van der Waals surface area contributed by atoms with Gasteiger partial charge in [0.25, 0.3) is 5.91 Å². The van der Waals surface area contributed by atoms with Gasteiger partial charge in [-0.1, -0.05) is 0 Å². The maximum Gasteiger partial charge on any atom is 0.255 e. The summed E-state index contributed by atoms with van der Waals surface area (Å²) in [7, 11) is 0. The number of halogens is 3. The fraction of sp³-hybridized carbons (Fsp3) is 0. The van der Waals surface area contributed by atoms with Crippen molar-refractivity contribution in [3.8, 4) is 11.5 Å². The molecule has 1 amide bonds. The highest BCUT2D eigenvalue weighted by Gasteiger charge is 2.15. The van der Waals surface area contributed by atoms with E-state index in [-0.39, 0.29) is 5.56 Å². The second kappa shape index (κ2) is 5.12. The third-order valence-corrected chi connectivity index (χ3v) is 2.48. The highest BCUT2D eigenvalue weighted by Crippen LogP contribution is 2.26. The predicted octanol–water partition coefficient (Wildman–Crippen LogP) is 2.77. The van der Waals surface area contributed by atoms with Crippen LogP contribution in [-0.2, 0) is 0 Å². The molecule has 0 unspecified atom stereocenters. The van der Waals surface area contributed by atoms with Crippen molar-refractivity contribution in [2.75, 3.05) is 5.32 Å². The van der Waals surface area contributed by atoms with Gasteiger partial charge in [-0.25, -0.2) is 13.2 Å². The fourth-order valence-corrected chi connectivity index (χ4v) is 1.51. The molecular formula is C13H8F3NO3. The summed E-state index contributed by atoms with van der Waals surface area (Å²) in [5, 5.41) is 20.3. The lowest BCUT2D eigenvalue weighted by atomic mass is 10.2. The third-order valence-electron chi connectivity index (χ3n) is 2.48. The van der Waals surface area contributed by atoms with Crippen LogP contribution in [-0.4, -0.2) is 16.1 Å². The molecule has 2 rings (SSSR count). The first-order valence-electron chi connectivity index (χ1n) is 5.36. The van der Waals surface area contributed by atoms with Crippen molar-refractivity contribution in [2.45, 2.75) is 0 Å². The van der Waals surface area contributed by atoms with Crippen LogP contribution in [0.3, 0.4) is 0 Å². The molecule has 0 atom stereocenters.